The Kier molecular flexibility index (Phi) is 5.76. The fourth-order valence-corrected chi connectivity index (χ4v) is 3.36. The van der Waals surface area contributed by atoms with Crippen LogP contribution in [0.4, 0.5) is 0 Å². The topological polar surface area (TPSA) is 55.6 Å². The van der Waals surface area contributed by atoms with Crippen LogP contribution in [0.2, 0.25) is 0 Å². The molecular formula is C17H26N2O2. The Labute approximate surface area is 127 Å². The SMILES string of the molecule is COC(=O)c1cccc(CN(C)C2CCCCC2CN)c1. The number of methoxy groups -OCH3 is 1. The van der Waals surface area contributed by atoms with E-state index < -0.39 is 0 Å². The predicted molar refractivity (Wildman–Crippen MR) is 84.0 cm³/mol. The maximum atomic E-state index is 11.6. The number of carbonyl (C=O) groups excluding carboxylic acids is 1. The molecule has 0 aromatic heterocycles. The average molecular weight is 290 g/mol. The first-order valence-electron chi connectivity index (χ1n) is 7.73. The van der Waals surface area contributed by atoms with Gasteiger partial charge in [-0.25, -0.2) is 4.79 Å². The quantitative estimate of drug-likeness (QED) is 0.846. The van der Waals surface area contributed by atoms with Crippen LogP contribution in [0.3, 0.4) is 0 Å². The first-order valence-corrected chi connectivity index (χ1v) is 7.73. The molecule has 2 atom stereocenters. The molecule has 21 heavy (non-hydrogen) atoms. The summed E-state index contributed by atoms with van der Waals surface area (Å²) in [6, 6.07) is 8.23. The number of ether oxygens (including phenoxy) is 1. The van der Waals surface area contributed by atoms with Crippen molar-refractivity contribution in [1.82, 2.24) is 4.90 Å². The molecule has 0 radical (unpaired) electrons. The fraction of sp³-hybridized carbons (Fsp3) is 0.588. The van der Waals surface area contributed by atoms with Gasteiger partial charge in [-0.2, -0.15) is 0 Å². The molecule has 0 saturated heterocycles. The zero-order chi connectivity index (χ0) is 15.2. The first-order chi connectivity index (χ1) is 10.2. The van der Waals surface area contributed by atoms with Crippen molar-refractivity contribution in [1.29, 1.82) is 0 Å². The standard InChI is InChI=1S/C17H26N2O2/c1-19(16-9-4-3-7-15(16)11-18)12-13-6-5-8-14(10-13)17(20)21-2/h5-6,8,10,15-16H,3-4,7,9,11-12,18H2,1-2H3. The maximum absolute atomic E-state index is 11.6. The summed E-state index contributed by atoms with van der Waals surface area (Å²) in [5.41, 5.74) is 7.67. The largest absolute Gasteiger partial charge is 0.465 e. The molecule has 4 nitrogen and oxygen atoms in total. The van der Waals surface area contributed by atoms with Crippen molar-refractivity contribution < 1.29 is 9.53 Å². The summed E-state index contributed by atoms with van der Waals surface area (Å²) in [6.07, 6.45) is 5.03. The van der Waals surface area contributed by atoms with Gasteiger partial charge in [-0.1, -0.05) is 25.0 Å². The molecule has 2 rings (SSSR count). The monoisotopic (exact) mass is 290 g/mol. The van der Waals surface area contributed by atoms with Gasteiger partial charge in [-0.3, -0.25) is 4.90 Å². The Hall–Kier alpha value is -1.39. The van der Waals surface area contributed by atoms with Gasteiger partial charge in [-0.05, 0) is 50.0 Å². The number of hydrogen-bond acceptors (Lipinski definition) is 4. The van der Waals surface area contributed by atoms with E-state index in [0.29, 0.717) is 17.5 Å². The van der Waals surface area contributed by atoms with Crippen LogP contribution < -0.4 is 5.73 Å². The number of nitrogens with zero attached hydrogens (tertiary/aromatic N) is 1. The molecule has 1 aliphatic carbocycles. The van der Waals surface area contributed by atoms with Gasteiger partial charge in [0.05, 0.1) is 12.7 Å². The third-order valence-electron chi connectivity index (χ3n) is 4.52. The molecule has 1 aromatic rings. The number of hydrogen-bond donors (Lipinski definition) is 1. The van der Waals surface area contributed by atoms with Crippen LogP contribution in [0.25, 0.3) is 0 Å². The van der Waals surface area contributed by atoms with Crippen molar-refractivity contribution in [2.45, 2.75) is 38.3 Å². The summed E-state index contributed by atoms with van der Waals surface area (Å²) in [5.74, 6) is 0.310. The molecule has 0 heterocycles. The first kappa shape index (κ1) is 16.0. The number of carbonyl (C=O) groups is 1. The zero-order valence-corrected chi connectivity index (χ0v) is 13.0. The Morgan fingerprint density at radius 1 is 1.38 bits per heavy atom. The van der Waals surface area contributed by atoms with Gasteiger partial charge in [0.1, 0.15) is 0 Å². The van der Waals surface area contributed by atoms with E-state index in [2.05, 4.69) is 18.0 Å². The highest BCUT2D eigenvalue weighted by molar-refractivity contribution is 5.89. The second kappa shape index (κ2) is 7.57. The molecule has 1 aliphatic rings. The minimum atomic E-state index is -0.281. The van der Waals surface area contributed by atoms with E-state index in [1.807, 2.05) is 12.1 Å². The molecule has 0 bridgehead atoms. The normalized spacial score (nSPS) is 22.3. The van der Waals surface area contributed by atoms with Gasteiger partial charge >= 0.3 is 5.97 Å². The molecule has 2 N–H and O–H groups in total. The lowest BCUT2D eigenvalue weighted by Gasteiger charge is -2.37. The molecule has 2 unspecified atom stereocenters. The van der Waals surface area contributed by atoms with Crippen LogP contribution in [-0.4, -0.2) is 37.6 Å². The third kappa shape index (κ3) is 4.05. The van der Waals surface area contributed by atoms with Gasteiger partial charge < -0.3 is 10.5 Å². The Bertz CT molecular complexity index is 476. The summed E-state index contributed by atoms with van der Waals surface area (Å²) in [5, 5.41) is 0. The smallest absolute Gasteiger partial charge is 0.337 e. The van der Waals surface area contributed by atoms with Crippen molar-refractivity contribution in [2.24, 2.45) is 11.7 Å². The summed E-state index contributed by atoms with van der Waals surface area (Å²) in [6.45, 7) is 1.60. The van der Waals surface area contributed by atoms with Crippen LogP contribution >= 0.6 is 0 Å². The van der Waals surface area contributed by atoms with Crippen LogP contribution in [0.1, 0.15) is 41.6 Å². The van der Waals surface area contributed by atoms with E-state index in [0.717, 1.165) is 18.7 Å². The van der Waals surface area contributed by atoms with Crippen molar-refractivity contribution in [2.75, 3.05) is 20.7 Å². The molecule has 1 aromatic carbocycles. The number of benzene rings is 1. The van der Waals surface area contributed by atoms with Gasteiger partial charge in [-0.15, -0.1) is 0 Å². The highest BCUT2D eigenvalue weighted by Gasteiger charge is 2.27. The third-order valence-corrected chi connectivity index (χ3v) is 4.52. The number of esters is 1. The number of nitrogens with two attached hydrogens (primary N) is 1. The summed E-state index contributed by atoms with van der Waals surface area (Å²) in [4.78, 5) is 14.0. The van der Waals surface area contributed by atoms with Crippen LogP contribution in [0.5, 0.6) is 0 Å². The summed E-state index contributed by atoms with van der Waals surface area (Å²) >= 11 is 0. The molecule has 0 spiro atoms. The van der Waals surface area contributed by atoms with Gasteiger partial charge in [0.25, 0.3) is 0 Å². The molecule has 4 heteroatoms. The molecule has 116 valence electrons. The van der Waals surface area contributed by atoms with Gasteiger partial charge in [0.2, 0.25) is 0 Å². The lowest BCUT2D eigenvalue weighted by Crippen LogP contribution is -2.42. The Morgan fingerprint density at radius 3 is 2.86 bits per heavy atom. The minimum absolute atomic E-state index is 0.281. The lowest BCUT2D eigenvalue weighted by molar-refractivity contribution is 0.0600. The Balaban J connectivity index is 2.04. The van der Waals surface area contributed by atoms with E-state index in [9.17, 15) is 4.79 Å². The van der Waals surface area contributed by atoms with E-state index in [1.54, 1.807) is 6.07 Å². The zero-order valence-electron chi connectivity index (χ0n) is 13.0. The predicted octanol–water partition coefficient (Wildman–Crippen LogP) is 2.42. The van der Waals surface area contributed by atoms with E-state index >= 15 is 0 Å². The highest BCUT2D eigenvalue weighted by Crippen LogP contribution is 2.28. The fourth-order valence-electron chi connectivity index (χ4n) is 3.36. The maximum Gasteiger partial charge on any atom is 0.337 e. The average Bonchev–Trinajstić information content (AvgIpc) is 2.54. The van der Waals surface area contributed by atoms with Crippen molar-refractivity contribution in [3.63, 3.8) is 0 Å². The van der Waals surface area contributed by atoms with Crippen LogP contribution in [0.15, 0.2) is 24.3 Å². The van der Waals surface area contributed by atoms with Crippen molar-refractivity contribution >= 4 is 5.97 Å². The van der Waals surface area contributed by atoms with Crippen LogP contribution in [0, 0.1) is 5.92 Å². The molecule has 0 aliphatic heterocycles. The minimum Gasteiger partial charge on any atom is -0.465 e. The van der Waals surface area contributed by atoms with Gasteiger partial charge in [0.15, 0.2) is 0 Å². The van der Waals surface area contributed by atoms with Gasteiger partial charge in [0, 0.05) is 12.6 Å². The van der Waals surface area contributed by atoms with E-state index in [4.69, 9.17) is 10.5 Å². The molecular weight excluding hydrogens is 264 g/mol. The second-order valence-corrected chi connectivity index (χ2v) is 5.95. The Morgan fingerprint density at radius 2 is 2.14 bits per heavy atom. The van der Waals surface area contributed by atoms with Crippen molar-refractivity contribution in [3.05, 3.63) is 35.4 Å². The summed E-state index contributed by atoms with van der Waals surface area (Å²) < 4.78 is 4.78. The second-order valence-electron chi connectivity index (χ2n) is 5.95. The van der Waals surface area contributed by atoms with Crippen LogP contribution in [-0.2, 0) is 11.3 Å². The number of rotatable bonds is 5. The van der Waals surface area contributed by atoms with E-state index in [1.165, 1.54) is 32.8 Å². The molecule has 0 amide bonds. The highest BCUT2D eigenvalue weighted by atomic mass is 16.5. The van der Waals surface area contributed by atoms with Crippen molar-refractivity contribution in [3.8, 4) is 0 Å². The van der Waals surface area contributed by atoms with E-state index in [-0.39, 0.29) is 5.97 Å². The molecule has 1 fully saturated rings. The summed E-state index contributed by atoms with van der Waals surface area (Å²) in [7, 11) is 3.57. The lowest BCUT2D eigenvalue weighted by atomic mass is 9.83. The molecule has 1 saturated carbocycles.